The molecule has 0 spiro atoms. The summed E-state index contributed by atoms with van der Waals surface area (Å²) in [4.78, 5) is 1.02. The van der Waals surface area contributed by atoms with Crippen molar-refractivity contribution in [1.82, 2.24) is 4.72 Å². The van der Waals surface area contributed by atoms with Gasteiger partial charge in [0, 0.05) is 11.4 Å². The van der Waals surface area contributed by atoms with Gasteiger partial charge in [-0.15, -0.1) is 11.3 Å². The average molecular weight is 341 g/mol. The highest BCUT2D eigenvalue weighted by molar-refractivity contribution is 7.89. The van der Waals surface area contributed by atoms with Crippen molar-refractivity contribution in [3.05, 3.63) is 46.7 Å². The first-order chi connectivity index (χ1) is 10.5. The lowest BCUT2D eigenvalue weighted by atomic mass is 10.2. The van der Waals surface area contributed by atoms with E-state index in [0.717, 1.165) is 4.88 Å². The molecule has 120 valence electrons. The number of nitrogens with one attached hydrogen (secondary N) is 1. The van der Waals surface area contributed by atoms with Gasteiger partial charge in [0.05, 0.1) is 17.6 Å². The maximum atomic E-state index is 12.1. The summed E-state index contributed by atoms with van der Waals surface area (Å²) in [5.41, 5.74) is 0. The topological polar surface area (TPSA) is 75.6 Å². The fourth-order valence-electron chi connectivity index (χ4n) is 1.92. The molecule has 0 radical (unpaired) electrons. The molecular weight excluding hydrogens is 322 g/mol. The normalized spacial score (nSPS) is 13.0. The van der Waals surface area contributed by atoms with Crippen molar-refractivity contribution >= 4 is 21.4 Å². The SMILES string of the molecule is CCOc1ccc(S(=O)(=O)NCCC(O)c2cccs2)cc1. The number of benzene rings is 1. The minimum atomic E-state index is -3.57. The molecular formula is C15H19NO4S2. The van der Waals surface area contributed by atoms with Crippen molar-refractivity contribution in [2.75, 3.05) is 13.2 Å². The molecule has 2 rings (SSSR count). The van der Waals surface area contributed by atoms with Crippen molar-refractivity contribution in [2.45, 2.75) is 24.3 Å². The van der Waals surface area contributed by atoms with Crippen LogP contribution in [0.2, 0.25) is 0 Å². The van der Waals surface area contributed by atoms with E-state index in [1.54, 1.807) is 12.1 Å². The summed E-state index contributed by atoms with van der Waals surface area (Å²) in [6, 6.07) is 9.94. The van der Waals surface area contributed by atoms with E-state index in [1.165, 1.54) is 23.5 Å². The molecule has 0 saturated heterocycles. The Morgan fingerprint density at radius 3 is 2.59 bits per heavy atom. The van der Waals surface area contributed by atoms with Crippen molar-refractivity contribution < 1.29 is 18.3 Å². The number of aliphatic hydroxyl groups is 1. The van der Waals surface area contributed by atoms with Crippen LogP contribution in [0.4, 0.5) is 0 Å². The maximum absolute atomic E-state index is 12.1. The van der Waals surface area contributed by atoms with E-state index in [-0.39, 0.29) is 11.4 Å². The van der Waals surface area contributed by atoms with Gasteiger partial charge in [0.25, 0.3) is 0 Å². The van der Waals surface area contributed by atoms with Gasteiger partial charge >= 0.3 is 0 Å². The highest BCUT2D eigenvalue weighted by Gasteiger charge is 2.15. The molecule has 0 amide bonds. The van der Waals surface area contributed by atoms with Gasteiger partial charge < -0.3 is 9.84 Å². The van der Waals surface area contributed by atoms with Crippen LogP contribution in [-0.2, 0) is 10.0 Å². The summed E-state index contributed by atoms with van der Waals surface area (Å²) >= 11 is 1.45. The van der Waals surface area contributed by atoms with Gasteiger partial charge in [0.15, 0.2) is 0 Å². The molecule has 22 heavy (non-hydrogen) atoms. The number of sulfonamides is 1. The van der Waals surface area contributed by atoms with Crippen LogP contribution < -0.4 is 9.46 Å². The van der Waals surface area contributed by atoms with Crippen molar-refractivity contribution in [2.24, 2.45) is 0 Å². The molecule has 0 aliphatic carbocycles. The molecule has 0 saturated carbocycles. The molecule has 2 aromatic rings. The molecule has 2 N–H and O–H groups in total. The molecule has 0 bridgehead atoms. The van der Waals surface area contributed by atoms with Crippen LogP contribution >= 0.6 is 11.3 Å². The summed E-state index contributed by atoms with van der Waals surface area (Å²) in [6.45, 7) is 2.57. The van der Waals surface area contributed by atoms with Crippen molar-refractivity contribution in [1.29, 1.82) is 0 Å². The van der Waals surface area contributed by atoms with Crippen LogP contribution in [0.15, 0.2) is 46.7 Å². The summed E-state index contributed by atoms with van der Waals surface area (Å²) < 4.78 is 32.1. The van der Waals surface area contributed by atoms with Gasteiger partial charge in [-0.3, -0.25) is 0 Å². The summed E-state index contributed by atoms with van der Waals surface area (Å²) in [6.07, 6.45) is -0.320. The van der Waals surface area contributed by atoms with E-state index in [9.17, 15) is 13.5 Å². The first-order valence-corrected chi connectivity index (χ1v) is 9.33. The Bertz CT molecular complexity index is 666. The zero-order valence-corrected chi connectivity index (χ0v) is 13.9. The predicted molar refractivity (Wildman–Crippen MR) is 86.7 cm³/mol. The standard InChI is InChI=1S/C15H19NO4S2/c1-2-20-12-5-7-13(8-6-12)22(18,19)16-10-9-14(17)15-4-3-11-21-15/h3-8,11,14,16-17H,2,9-10H2,1H3. The predicted octanol–water partition coefficient (Wildman–Crippen LogP) is 2.55. The van der Waals surface area contributed by atoms with Crippen molar-refractivity contribution in [3.8, 4) is 5.75 Å². The Balaban J connectivity index is 1.90. The molecule has 1 heterocycles. The van der Waals surface area contributed by atoms with Gasteiger partial charge in [0.2, 0.25) is 10.0 Å². The quantitative estimate of drug-likeness (QED) is 0.774. The third-order valence-electron chi connectivity index (χ3n) is 3.03. The Kier molecular flexibility index (Phi) is 5.96. The molecule has 0 aliphatic heterocycles. The monoisotopic (exact) mass is 341 g/mol. The van der Waals surface area contributed by atoms with Gasteiger partial charge in [0.1, 0.15) is 5.75 Å². The van der Waals surface area contributed by atoms with Gasteiger partial charge in [-0.25, -0.2) is 13.1 Å². The van der Waals surface area contributed by atoms with E-state index in [0.29, 0.717) is 18.8 Å². The summed E-state index contributed by atoms with van der Waals surface area (Å²) in [7, 11) is -3.57. The lowest BCUT2D eigenvalue weighted by molar-refractivity contribution is 0.173. The molecule has 7 heteroatoms. The lowest BCUT2D eigenvalue weighted by Gasteiger charge is -2.10. The average Bonchev–Trinajstić information content (AvgIpc) is 3.02. The second-order valence-electron chi connectivity index (χ2n) is 4.62. The van der Waals surface area contributed by atoms with Crippen LogP contribution in [0.5, 0.6) is 5.75 Å². The van der Waals surface area contributed by atoms with E-state index >= 15 is 0 Å². The number of hydrogen-bond acceptors (Lipinski definition) is 5. The highest BCUT2D eigenvalue weighted by Crippen LogP contribution is 2.21. The molecule has 0 fully saturated rings. The van der Waals surface area contributed by atoms with Crippen LogP contribution in [0.1, 0.15) is 24.3 Å². The minimum Gasteiger partial charge on any atom is -0.494 e. The molecule has 1 atom stereocenters. The van der Waals surface area contributed by atoms with Crippen LogP contribution in [0, 0.1) is 0 Å². The number of thiophene rings is 1. The fourth-order valence-corrected chi connectivity index (χ4v) is 3.71. The van der Waals surface area contributed by atoms with E-state index in [2.05, 4.69) is 4.72 Å². The number of rotatable bonds is 8. The Labute approximate surface area is 134 Å². The zero-order chi connectivity index (χ0) is 16.0. The highest BCUT2D eigenvalue weighted by atomic mass is 32.2. The first-order valence-electron chi connectivity index (χ1n) is 6.97. The number of hydrogen-bond donors (Lipinski definition) is 2. The van der Waals surface area contributed by atoms with E-state index < -0.39 is 16.1 Å². The largest absolute Gasteiger partial charge is 0.494 e. The summed E-state index contributed by atoms with van der Waals surface area (Å²) in [5, 5.41) is 11.8. The molecule has 1 aromatic carbocycles. The van der Waals surface area contributed by atoms with Crippen LogP contribution in [-0.4, -0.2) is 26.7 Å². The van der Waals surface area contributed by atoms with Crippen LogP contribution in [0.3, 0.4) is 0 Å². The second kappa shape index (κ2) is 7.73. The summed E-state index contributed by atoms with van der Waals surface area (Å²) in [5.74, 6) is 0.634. The smallest absolute Gasteiger partial charge is 0.240 e. The van der Waals surface area contributed by atoms with Crippen molar-refractivity contribution in [3.63, 3.8) is 0 Å². The molecule has 1 unspecified atom stereocenters. The Morgan fingerprint density at radius 1 is 1.27 bits per heavy atom. The third kappa shape index (κ3) is 4.54. The zero-order valence-electron chi connectivity index (χ0n) is 12.2. The van der Waals surface area contributed by atoms with E-state index in [4.69, 9.17) is 4.74 Å². The van der Waals surface area contributed by atoms with Crippen LogP contribution in [0.25, 0.3) is 0 Å². The Morgan fingerprint density at radius 2 is 2.00 bits per heavy atom. The molecule has 1 aromatic heterocycles. The first kappa shape index (κ1) is 17.0. The third-order valence-corrected chi connectivity index (χ3v) is 5.48. The number of aliphatic hydroxyl groups excluding tert-OH is 1. The molecule has 5 nitrogen and oxygen atoms in total. The van der Waals surface area contributed by atoms with Gasteiger partial charge in [-0.2, -0.15) is 0 Å². The van der Waals surface area contributed by atoms with Gasteiger partial charge in [-0.05, 0) is 49.1 Å². The Hall–Kier alpha value is -1.41. The number of ether oxygens (including phenoxy) is 1. The fraction of sp³-hybridized carbons (Fsp3) is 0.333. The van der Waals surface area contributed by atoms with Gasteiger partial charge in [-0.1, -0.05) is 6.07 Å². The lowest BCUT2D eigenvalue weighted by Crippen LogP contribution is -2.25. The minimum absolute atomic E-state index is 0.175. The second-order valence-corrected chi connectivity index (χ2v) is 7.37. The maximum Gasteiger partial charge on any atom is 0.240 e. The van der Waals surface area contributed by atoms with E-state index in [1.807, 2.05) is 24.4 Å². The molecule has 0 aliphatic rings.